The fourth-order valence-corrected chi connectivity index (χ4v) is 3.05. The lowest BCUT2D eigenvalue weighted by molar-refractivity contribution is 0.0934. The van der Waals surface area contributed by atoms with E-state index in [0.29, 0.717) is 22.9 Å². The fraction of sp³-hybridized carbons (Fsp3) is 0.455. The number of nitrogens with two attached hydrogens (primary N) is 1. The number of anilines is 1. The quantitative estimate of drug-likeness (QED) is 0.794. The van der Waals surface area contributed by atoms with Gasteiger partial charge in [-0.05, 0) is 25.0 Å². The van der Waals surface area contributed by atoms with Crippen molar-refractivity contribution in [2.75, 3.05) is 17.2 Å². The first-order valence-electron chi connectivity index (χ1n) is 5.52. The normalized spacial score (nSPS) is 24.2. The van der Waals surface area contributed by atoms with E-state index in [1.54, 1.807) is 12.1 Å². The van der Waals surface area contributed by atoms with Crippen molar-refractivity contribution in [2.24, 2.45) is 0 Å². The van der Waals surface area contributed by atoms with Crippen molar-refractivity contribution >= 4 is 22.5 Å². The summed E-state index contributed by atoms with van der Waals surface area (Å²) in [4.78, 5) is 15.7. The van der Waals surface area contributed by atoms with E-state index in [4.69, 9.17) is 5.73 Å². The smallest absolute Gasteiger partial charge is 0.253 e. The molecule has 17 heavy (non-hydrogen) atoms. The topological polar surface area (TPSA) is 85.1 Å². The van der Waals surface area contributed by atoms with Crippen LogP contribution in [-0.4, -0.2) is 32.6 Å². The molecule has 1 fully saturated rings. The molecule has 1 aromatic rings. The van der Waals surface area contributed by atoms with Crippen LogP contribution in [-0.2, 0) is 10.8 Å². The summed E-state index contributed by atoms with van der Waals surface area (Å²) in [7, 11) is -0.703. The molecule has 1 aliphatic heterocycles. The summed E-state index contributed by atoms with van der Waals surface area (Å²) in [6, 6.07) is 3.38. The number of hydrogen-bond acceptors (Lipinski definition) is 4. The van der Waals surface area contributed by atoms with Crippen molar-refractivity contribution in [3.63, 3.8) is 0 Å². The molecule has 0 radical (unpaired) electrons. The maximum absolute atomic E-state index is 11.8. The van der Waals surface area contributed by atoms with Gasteiger partial charge in [-0.1, -0.05) is 0 Å². The van der Waals surface area contributed by atoms with Gasteiger partial charge in [0.25, 0.3) is 5.91 Å². The van der Waals surface area contributed by atoms with Gasteiger partial charge in [0.15, 0.2) is 0 Å². The molecule has 1 aliphatic rings. The minimum absolute atomic E-state index is 0.123. The number of pyridine rings is 1. The fourth-order valence-electron chi connectivity index (χ4n) is 1.75. The van der Waals surface area contributed by atoms with Crippen LogP contribution in [0, 0.1) is 0 Å². The summed E-state index contributed by atoms with van der Waals surface area (Å²) in [6.45, 7) is 0. The first-order chi connectivity index (χ1) is 8.15. The average molecular weight is 253 g/mol. The van der Waals surface area contributed by atoms with Crippen LogP contribution in [0.2, 0.25) is 0 Å². The predicted molar refractivity (Wildman–Crippen MR) is 67.0 cm³/mol. The van der Waals surface area contributed by atoms with Crippen molar-refractivity contribution in [3.05, 3.63) is 23.9 Å². The number of carbonyl (C=O) groups excluding carboxylic acids is 1. The minimum Gasteiger partial charge on any atom is -0.384 e. The molecule has 1 saturated heterocycles. The van der Waals surface area contributed by atoms with Crippen molar-refractivity contribution < 1.29 is 9.00 Å². The Hall–Kier alpha value is -1.43. The molecule has 0 atom stereocenters. The lowest BCUT2D eigenvalue weighted by Gasteiger charge is -2.22. The van der Waals surface area contributed by atoms with Crippen LogP contribution in [0.5, 0.6) is 0 Å². The molecule has 0 unspecified atom stereocenters. The Labute approximate surface area is 102 Å². The average Bonchev–Trinajstić information content (AvgIpc) is 2.33. The molecular weight excluding hydrogens is 238 g/mol. The molecule has 1 aromatic heterocycles. The number of carbonyl (C=O) groups is 1. The first-order valence-corrected chi connectivity index (χ1v) is 7.01. The molecule has 2 rings (SSSR count). The highest BCUT2D eigenvalue weighted by Gasteiger charge is 2.19. The van der Waals surface area contributed by atoms with Gasteiger partial charge in [-0.25, -0.2) is 4.98 Å². The second-order valence-corrected chi connectivity index (χ2v) is 5.76. The van der Waals surface area contributed by atoms with Crippen LogP contribution < -0.4 is 11.1 Å². The van der Waals surface area contributed by atoms with Gasteiger partial charge in [-0.15, -0.1) is 0 Å². The highest BCUT2D eigenvalue weighted by Crippen LogP contribution is 2.10. The molecular formula is C11H15N3O2S. The van der Waals surface area contributed by atoms with Gasteiger partial charge in [0.05, 0.1) is 5.56 Å². The van der Waals surface area contributed by atoms with E-state index in [9.17, 15) is 9.00 Å². The molecule has 0 spiro atoms. The molecule has 1 amide bonds. The van der Waals surface area contributed by atoms with Crippen molar-refractivity contribution in [3.8, 4) is 0 Å². The van der Waals surface area contributed by atoms with E-state index in [1.807, 2.05) is 0 Å². The number of amides is 1. The Balaban J connectivity index is 1.93. The SMILES string of the molecule is Nc1ccc(C(=O)NC2CCS(=O)CC2)cn1. The van der Waals surface area contributed by atoms with Gasteiger partial charge >= 0.3 is 0 Å². The third-order valence-electron chi connectivity index (χ3n) is 2.77. The largest absolute Gasteiger partial charge is 0.384 e. The van der Waals surface area contributed by atoms with Crippen LogP contribution in [0.3, 0.4) is 0 Å². The van der Waals surface area contributed by atoms with Gasteiger partial charge < -0.3 is 11.1 Å². The Morgan fingerprint density at radius 2 is 2.12 bits per heavy atom. The Morgan fingerprint density at radius 1 is 1.41 bits per heavy atom. The van der Waals surface area contributed by atoms with Gasteiger partial charge in [0.1, 0.15) is 5.82 Å². The molecule has 6 heteroatoms. The number of nitrogens with zero attached hydrogens (tertiary/aromatic N) is 1. The summed E-state index contributed by atoms with van der Waals surface area (Å²) in [5.74, 6) is 1.60. The first kappa shape index (κ1) is 12.0. The zero-order valence-electron chi connectivity index (χ0n) is 9.39. The standard InChI is InChI=1S/C11H15N3O2S/c12-10-2-1-8(7-13-10)11(15)14-9-3-5-17(16)6-4-9/h1-2,7,9H,3-6H2,(H2,12,13)(H,14,15). The van der Waals surface area contributed by atoms with E-state index in [2.05, 4.69) is 10.3 Å². The minimum atomic E-state index is -0.703. The van der Waals surface area contributed by atoms with Crippen molar-refractivity contribution in [2.45, 2.75) is 18.9 Å². The van der Waals surface area contributed by atoms with E-state index >= 15 is 0 Å². The number of hydrogen-bond donors (Lipinski definition) is 2. The molecule has 0 aromatic carbocycles. The monoisotopic (exact) mass is 253 g/mol. The molecule has 0 aliphatic carbocycles. The molecule has 5 nitrogen and oxygen atoms in total. The molecule has 92 valence electrons. The lowest BCUT2D eigenvalue weighted by atomic mass is 10.1. The second-order valence-electron chi connectivity index (χ2n) is 4.07. The lowest BCUT2D eigenvalue weighted by Crippen LogP contribution is -2.39. The van der Waals surface area contributed by atoms with Gasteiger partial charge in [-0.2, -0.15) is 0 Å². The Bertz CT molecular complexity index is 423. The van der Waals surface area contributed by atoms with Gasteiger partial charge in [-0.3, -0.25) is 9.00 Å². The number of nitrogens with one attached hydrogen (secondary N) is 1. The van der Waals surface area contributed by atoms with E-state index < -0.39 is 10.8 Å². The molecule has 2 heterocycles. The predicted octanol–water partition coefficient (Wildman–Crippen LogP) is 0.305. The third kappa shape index (κ3) is 3.26. The molecule has 0 bridgehead atoms. The Kier molecular flexibility index (Phi) is 3.73. The summed E-state index contributed by atoms with van der Waals surface area (Å²) in [6.07, 6.45) is 3.02. The highest BCUT2D eigenvalue weighted by atomic mass is 32.2. The third-order valence-corrected chi connectivity index (χ3v) is 4.15. The van der Waals surface area contributed by atoms with Gasteiger partial charge in [0.2, 0.25) is 0 Å². The second kappa shape index (κ2) is 5.27. The summed E-state index contributed by atoms with van der Waals surface area (Å²) < 4.78 is 11.2. The van der Waals surface area contributed by atoms with Crippen LogP contribution in [0.15, 0.2) is 18.3 Å². The molecule has 3 N–H and O–H groups in total. The number of nitrogen functional groups attached to an aromatic ring is 1. The summed E-state index contributed by atoms with van der Waals surface area (Å²) >= 11 is 0. The number of aromatic nitrogens is 1. The van der Waals surface area contributed by atoms with E-state index in [-0.39, 0.29) is 11.9 Å². The van der Waals surface area contributed by atoms with Crippen LogP contribution in [0.25, 0.3) is 0 Å². The van der Waals surface area contributed by atoms with Crippen molar-refractivity contribution in [1.82, 2.24) is 10.3 Å². The van der Waals surface area contributed by atoms with E-state index in [0.717, 1.165) is 12.8 Å². The maximum Gasteiger partial charge on any atom is 0.253 e. The molecule has 0 saturated carbocycles. The number of rotatable bonds is 2. The summed E-state index contributed by atoms with van der Waals surface area (Å²) in [5.41, 5.74) is 5.96. The van der Waals surface area contributed by atoms with Gasteiger partial charge in [0, 0.05) is 34.5 Å². The Morgan fingerprint density at radius 3 is 2.71 bits per heavy atom. The zero-order chi connectivity index (χ0) is 12.3. The van der Waals surface area contributed by atoms with Crippen LogP contribution in [0.4, 0.5) is 5.82 Å². The highest BCUT2D eigenvalue weighted by molar-refractivity contribution is 7.85. The van der Waals surface area contributed by atoms with Crippen LogP contribution in [0.1, 0.15) is 23.2 Å². The zero-order valence-corrected chi connectivity index (χ0v) is 10.2. The summed E-state index contributed by atoms with van der Waals surface area (Å²) in [5, 5.41) is 2.92. The van der Waals surface area contributed by atoms with Crippen LogP contribution >= 0.6 is 0 Å². The maximum atomic E-state index is 11.8. The van der Waals surface area contributed by atoms with E-state index in [1.165, 1.54) is 6.20 Å². The van der Waals surface area contributed by atoms with Crippen molar-refractivity contribution in [1.29, 1.82) is 0 Å².